The normalized spacial score (nSPS) is 9.38. The zero-order valence-electron chi connectivity index (χ0n) is 13.1. The predicted molar refractivity (Wildman–Crippen MR) is 87.6 cm³/mol. The average Bonchev–Trinajstić information content (AvgIpc) is 2.64. The zero-order valence-corrected chi connectivity index (χ0v) is 13.1. The lowest BCUT2D eigenvalue weighted by atomic mass is 10.1. The lowest BCUT2D eigenvalue weighted by Crippen LogP contribution is -2.23. The van der Waals surface area contributed by atoms with Gasteiger partial charge in [0.05, 0.1) is 25.4 Å². The maximum absolute atomic E-state index is 11.9. The van der Waals surface area contributed by atoms with Crippen LogP contribution < -0.4 is 10.1 Å². The van der Waals surface area contributed by atoms with E-state index in [1.165, 1.54) is 19.2 Å². The van der Waals surface area contributed by atoms with Crippen LogP contribution in [-0.4, -0.2) is 37.1 Å². The lowest BCUT2D eigenvalue weighted by Gasteiger charge is -2.03. The molecule has 0 aliphatic rings. The van der Waals surface area contributed by atoms with E-state index in [1.54, 1.807) is 36.7 Å². The van der Waals surface area contributed by atoms with Gasteiger partial charge in [-0.25, -0.2) is 4.79 Å². The van der Waals surface area contributed by atoms with Gasteiger partial charge >= 0.3 is 5.97 Å². The fourth-order valence-electron chi connectivity index (χ4n) is 1.77. The van der Waals surface area contributed by atoms with E-state index in [2.05, 4.69) is 26.9 Å². The van der Waals surface area contributed by atoms with Crippen LogP contribution >= 0.6 is 0 Å². The van der Waals surface area contributed by atoms with Crippen LogP contribution in [0.25, 0.3) is 0 Å². The number of nitrogens with one attached hydrogen (secondary N) is 1. The van der Waals surface area contributed by atoms with Gasteiger partial charge in [0.1, 0.15) is 12.4 Å². The summed E-state index contributed by atoms with van der Waals surface area (Å²) < 4.78 is 9.95. The summed E-state index contributed by atoms with van der Waals surface area (Å²) in [6, 6.07) is 9.74. The molecule has 1 aromatic heterocycles. The molecule has 2 aromatic rings. The number of nitrogens with zero attached hydrogens (tertiary/aromatic N) is 1. The van der Waals surface area contributed by atoms with Crippen LogP contribution in [-0.2, 0) is 4.74 Å². The Kier molecular flexibility index (Phi) is 6.35. The highest BCUT2D eigenvalue weighted by Crippen LogP contribution is 2.06. The van der Waals surface area contributed by atoms with Crippen LogP contribution in [0.4, 0.5) is 0 Å². The number of ether oxygens (including phenoxy) is 2. The van der Waals surface area contributed by atoms with E-state index in [-0.39, 0.29) is 19.1 Å². The molecular formula is C18H16N2O4. The van der Waals surface area contributed by atoms with Gasteiger partial charge in [-0.2, -0.15) is 0 Å². The Morgan fingerprint density at radius 3 is 2.54 bits per heavy atom. The summed E-state index contributed by atoms with van der Waals surface area (Å²) in [5, 5.41) is 2.66. The third-order valence-corrected chi connectivity index (χ3v) is 2.98. The van der Waals surface area contributed by atoms with Crippen molar-refractivity contribution in [2.75, 3.05) is 20.3 Å². The smallest absolute Gasteiger partial charge is 0.337 e. The number of esters is 1. The van der Waals surface area contributed by atoms with Crippen molar-refractivity contribution in [1.29, 1.82) is 0 Å². The van der Waals surface area contributed by atoms with E-state index < -0.39 is 5.97 Å². The number of hydrogen-bond acceptors (Lipinski definition) is 5. The highest BCUT2D eigenvalue weighted by Gasteiger charge is 2.07. The molecule has 24 heavy (non-hydrogen) atoms. The van der Waals surface area contributed by atoms with E-state index in [4.69, 9.17) is 4.74 Å². The Labute approximate surface area is 139 Å². The summed E-state index contributed by atoms with van der Waals surface area (Å²) in [6.07, 6.45) is 3.26. The van der Waals surface area contributed by atoms with Crippen LogP contribution in [0.1, 0.15) is 20.7 Å². The molecule has 0 aliphatic carbocycles. The molecule has 0 spiro atoms. The van der Waals surface area contributed by atoms with Crippen LogP contribution in [0.2, 0.25) is 0 Å². The maximum atomic E-state index is 11.9. The van der Waals surface area contributed by atoms with E-state index in [9.17, 15) is 9.59 Å². The van der Waals surface area contributed by atoms with Crippen LogP contribution in [0.3, 0.4) is 0 Å². The molecule has 122 valence electrons. The van der Waals surface area contributed by atoms with Crippen LogP contribution in [0, 0.1) is 11.8 Å². The van der Waals surface area contributed by atoms with Crippen molar-refractivity contribution in [1.82, 2.24) is 10.3 Å². The van der Waals surface area contributed by atoms with Crippen molar-refractivity contribution < 1.29 is 19.1 Å². The summed E-state index contributed by atoms with van der Waals surface area (Å²) in [7, 11) is 1.31. The summed E-state index contributed by atoms with van der Waals surface area (Å²) in [6.45, 7) is 0.420. The monoisotopic (exact) mass is 324 g/mol. The Balaban J connectivity index is 1.75. The van der Waals surface area contributed by atoms with Crippen molar-refractivity contribution in [3.05, 3.63) is 59.9 Å². The fourth-order valence-corrected chi connectivity index (χ4v) is 1.77. The first-order valence-electron chi connectivity index (χ1n) is 7.16. The minimum absolute atomic E-state index is 0.202. The van der Waals surface area contributed by atoms with Gasteiger partial charge in [-0.05, 0) is 36.4 Å². The molecule has 2 rings (SSSR count). The fraction of sp³-hybridized carbons (Fsp3) is 0.167. The van der Waals surface area contributed by atoms with E-state index in [0.717, 1.165) is 0 Å². The lowest BCUT2D eigenvalue weighted by molar-refractivity contribution is 0.0600. The summed E-state index contributed by atoms with van der Waals surface area (Å²) in [5.41, 5.74) is 0.831. The SMILES string of the molecule is COC(=O)c1ccc(C(=O)NCC#CCOc2cccnc2)cc1. The maximum Gasteiger partial charge on any atom is 0.337 e. The molecule has 0 aliphatic heterocycles. The molecule has 6 nitrogen and oxygen atoms in total. The van der Waals surface area contributed by atoms with Crippen LogP contribution in [0.15, 0.2) is 48.8 Å². The second kappa shape index (κ2) is 8.96. The highest BCUT2D eigenvalue weighted by atomic mass is 16.5. The molecule has 0 saturated carbocycles. The molecule has 6 heteroatoms. The topological polar surface area (TPSA) is 77.5 Å². The molecular weight excluding hydrogens is 308 g/mol. The van der Waals surface area contributed by atoms with Gasteiger partial charge in [-0.15, -0.1) is 0 Å². The Morgan fingerprint density at radius 1 is 1.12 bits per heavy atom. The quantitative estimate of drug-likeness (QED) is 0.669. The highest BCUT2D eigenvalue weighted by molar-refractivity contribution is 5.96. The van der Waals surface area contributed by atoms with Gasteiger partial charge < -0.3 is 14.8 Å². The van der Waals surface area contributed by atoms with Gasteiger partial charge in [0.25, 0.3) is 5.91 Å². The number of methoxy groups -OCH3 is 1. The number of carbonyl (C=O) groups excluding carboxylic acids is 2. The minimum Gasteiger partial charge on any atom is -0.479 e. The third-order valence-electron chi connectivity index (χ3n) is 2.98. The molecule has 0 bridgehead atoms. The molecule has 0 fully saturated rings. The number of amides is 1. The molecule has 0 atom stereocenters. The molecule has 0 unspecified atom stereocenters. The van der Waals surface area contributed by atoms with Crippen molar-refractivity contribution in [3.8, 4) is 17.6 Å². The van der Waals surface area contributed by atoms with E-state index in [1.807, 2.05) is 0 Å². The largest absolute Gasteiger partial charge is 0.479 e. The van der Waals surface area contributed by atoms with Crippen LogP contribution in [0.5, 0.6) is 5.75 Å². The number of aromatic nitrogens is 1. The van der Waals surface area contributed by atoms with Gasteiger partial charge in [-0.1, -0.05) is 11.8 Å². The molecule has 1 heterocycles. The number of carbonyl (C=O) groups is 2. The standard InChI is InChI=1S/C18H16N2O4/c1-23-18(22)15-8-6-14(7-9-15)17(21)20-11-2-3-12-24-16-5-4-10-19-13-16/h4-10,13H,11-12H2,1H3,(H,20,21). The Hall–Kier alpha value is -3.33. The van der Waals surface area contributed by atoms with E-state index in [0.29, 0.717) is 16.9 Å². The minimum atomic E-state index is -0.443. The zero-order chi connectivity index (χ0) is 17.2. The summed E-state index contributed by atoms with van der Waals surface area (Å²) in [5.74, 6) is 5.52. The Morgan fingerprint density at radius 2 is 1.88 bits per heavy atom. The third kappa shape index (κ3) is 5.14. The van der Waals surface area contributed by atoms with Crippen molar-refractivity contribution in [2.24, 2.45) is 0 Å². The average molecular weight is 324 g/mol. The number of hydrogen-bond donors (Lipinski definition) is 1. The van der Waals surface area contributed by atoms with E-state index >= 15 is 0 Å². The van der Waals surface area contributed by atoms with Gasteiger partial charge in [0.2, 0.25) is 0 Å². The second-order valence-electron chi connectivity index (χ2n) is 4.58. The molecule has 0 saturated heterocycles. The van der Waals surface area contributed by atoms with Crippen molar-refractivity contribution in [3.63, 3.8) is 0 Å². The molecule has 0 radical (unpaired) electrons. The molecule has 1 aromatic carbocycles. The molecule has 1 amide bonds. The van der Waals surface area contributed by atoms with Gasteiger partial charge in [-0.3, -0.25) is 9.78 Å². The first kappa shape index (κ1) is 17.0. The van der Waals surface area contributed by atoms with Gasteiger partial charge in [0.15, 0.2) is 0 Å². The Bertz CT molecular complexity index is 746. The first-order valence-corrected chi connectivity index (χ1v) is 7.16. The van der Waals surface area contributed by atoms with Gasteiger partial charge in [0, 0.05) is 11.8 Å². The molecule has 1 N–H and O–H groups in total. The van der Waals surface area contributed by atoms with Crippen molar-refractivity contribution in [2.45, 2.75) is 0 Å². The predicted octanol–water partition coefficient (Wildman–Crippen LogP) is 1.68. The second-order valence-corrected chi connectivity index (χ2v) is 4.58. The summed E-state index contributed by atoms with van der Waals surface area (Å²) >= 11 is 0. The van der Waals surface area contributed by atoms with Crippen molar-refractivity contribution >= 4 is 11.9 Å². The number of rotatable bonds is 5. The number of pyridine rings is 1. The number of benzene rings is 1. The summed E-state index contributed by atoms with van der Waals surface area (Å²) in [4.78, 5) is 27.1. The first-order chi connectivity index (χ1) is 11.7.